The zero-order chi connectivity index (χ0) is 23.4. The Morgan fingerprint density at radius 2 is 1.97 bits per heavy atom. The van der Waals surface area contributed by atoms with Crippen molar-refractivity contribution in [1.29, 1.82) is 5.26 Å². The first-order chi connectivity index (χ1) is 16.0. The Morgan fingerprint density at radius 1 is 1.18 bits per heavy atom. The third-order valence-electron chi connectivity index (χ3n) is 4.82. The van der Waals surface area contributed by atoms with E-state index in [1.54, 1.807) is 24.3 Å². The molecule has 0 aliphatic heterocycles. The van der Waals surface area contributed by atoms with E-state index >= 15 is 0 Å². The number of hydrogen-bond acceptors (Lipinski definition) is 4. The van der Waals surface area contributed by atoms with Gasteiger partial charge in [0.05, 0.1) is 23.2 Å². The molecule has 33 heavy (non-hydrogen) atoms. The first-order valence-corrected chi connectivity index (χ1v) is 11.3. The van der Waals surface area contributed by atoms with Crippen molar-refractivity contribution >= 4 is 50.2 Å². The summed E-state index contributed by atoms with van der Waals surface area (Å²) in [6.07, 6.45) is 1.68. The lowest BCUT2D eigenvalue weighted by Crippen LogP contribution is -2.01. The van der Waals surface area contributed by atoms with Gasteiger partial charge in [-0.1, -0.05) is 45.7 Å². The third kappa shape index (κ3) is 5.19. The zero-order valence-corrected chi connectivity index (χ0v) is 19.9. The van der Waals surface area contributed by atoms with Crippen LogP contribution in [0, 0.1) is 17.1 Å². The Bertz CT molecular complexity index is 1390. The molecule has 0 aliphatic rings. The van der Waals surface area contributed by atoms with Gasteiger partial charge in [0.15, 0.2) is 11.5 Å². The van der Waals surface area contributed by atoms with Gasteiger partial charge >= 0.3 is 0 Å². The van der Waals surface area contributed by atoms with Crippen molar-refractivity contribution < 1.29 is 13.9 Å². The van der Waals surface area contributed by atoms with E-state index < -0.39 is 0 Å². The third-order valence-corrected chi connectivity index (χ3v) is 5.88. The highest BCUT2D eigenvalue weighted by Gasteiger charge is 2.14. The maximum Gasteiger partial charge on any atom is 0.162 e. The van der Waals surface area contributed by atoms with Crippen molar-refractivity contribution in [3.05, 3.63) is 86.9 Å². The fraction of sp³-hybridized carbons (Fsp3) is 0.120. The van der Waals surface area contributed by atoms with Crippen LogP contribution in [0.2, 0.25) is 5.02 Å². The summed E-state index contributed by atoms with van der Waals surface area (Å²) in [4.78, 5) is 7.40. The van der Waals surface area contributed by atoms with E-state index in [9.17, 15) is 9.65 Å². The highest BCUT2D eigenvalue weighted by Crippen LogP contribution is 2.36. The number of ether oxygens (including phenoxy) is 2. The van der Waals surface area contributed by atoms with E-state index in [4.69, 9.17) is 21.1 Å². The molecule has 0 spiro atoms. The Balaban J connectivity index is 1.67. The van der Waals surface area contributed by atoms with Gasteiger partial charge in [-0.05, 0) is 55.0 Å². The van der Waals surface area contributed by atoms with Gasteiger partial charge < -0.3 is 14.5 Å². The lowest BCUT2D eigenvalue weighted by Gasteiger charge is -2.14. The number of hydrogen-bond donors (Lipinski definition) is 1. The normalized spacial score (nSPS) is 11.4. The molecule has 0 bridgehead atoms. The number of benzene rings is 3. The average Bonchev–Trinajstić information content (AvgIpc) is 3.22. The molecular formula is C25H18BrClFN3O2. The van der Waals surface area contributed by atoms with Gasteiger partial charge in [-0.3, -0.25) is 0 Å². The summed E-state index contributed by atoms with van der Waals surface area (Å²) >= 11 is 9.78. The van der Waals surface area contributed by atoms with Gasteiger partial charge in [0.2, 0.25) is 0 Å². The van der Waals surface area contributed by atoms with Gasteiger partial charge in [0, 0.05) is 15.1 Å². The number of aromatic nitrogens is 2. The molecule has 0 radical (unpaired) electrons. The number of nitrogens with one attached hydrogen (secondary N) is 1. The molecule has 1 heterocycles. The number of rotatable bonds is 7. The number of nitrogens with zero attached hydrogens (tertiary/aromatic N) is 2. The SMILES string of the molecule is CCOc1cc(/C=C(/C#N)c2nc3ccc(F)cc3[nH]2)c(Br)cc1OCc1ccccc1Cl. The molecule has 4 rings (SSSR count). The van der Waals surface area contributed by atoms with Crippen LogP contribution in [0.5, 0.6) is 11.5 Å². The van der Waals surface area contributed by atoms with Gasteiger partial charge in [0.25, 0.3) is 0 Å². The van der Waals surface area contributed by atoms with Crippen LogP contribution in [0.3, 0.4) is 0 Å². The highest BCUT2D eigenvalue weighted by molar-refractivity contribution is 9.10. The minimum absolute atomic E-state index is 0.278. The van der Waals surface area contributed by atoms with Crippen molar-refractivity contribution in [2.24, 2.45) is 0 Å². The summed E-state index contributed by atoms with van der Waals surface area (Å²) in [5.41, 5.74) is 2.94. The first kappa shape index (κ1) is 22.8. The van der Waals surface area contributed by atoms with Crippen molar-refractivity contribution in [2.45, 2.75) is 13.5 Å². The lowest BCUT2D eigenvalue weighted by molar-refractivity contribution is 0.269. The number of allylic oxidation sites excluding steroid dienone is 1. The highest BCUT2D eigenvalue weighted by atomic mass is 79.9. The topological polar surface area (TPSA) is 70.9 Å². The summed E-state index contributed by atoms with van der Waals surface area (Å²) in [6.45, 7) is 2.59. The second-order valence-electron chi connectivity index (χ2n) is 7.05. The predicted octanol–water partition coefficient (Wildman–Crippen LogP) is 7.16. The van der Waals surface area contributed by atoms with Crippen molar-refractivity contribution in [3.8, 4) is 17.6 Å². The first-order valence-electron chi connectivity index (χ1n) is 10.1. The molecule has 4 aromatic rings. The van der Waals surface area contributed by atoms with Crippen molar-refractivity contribution in [3.63, 3.8) is 0 Å². The summed E-state index contributed by atoms with van der Waals surface area (Å²) in [5.74, 6) is 1.04. The largest absolute Gasteiger partial charge is 0.490 e. The fourth-order valence-electron chi connectivity index (χ4n) is 3.23. The molecule has 0 atom stereocenters. The van der Waals surface area contributed by atoms with Crippen LogP contribution in [0.25, 0.3) is 22.7 Å². The molecule has 0 aliphatic carbocycles. The smallest absolute Gasteiger partial charge is 0.162 e. The van der Waals surface area contributed by atoms with E-state index in [-0.39, 0.29) is 12.4 Å². The van der Waals surface area contributed by atoms with E-state index in [0.717, 1.165) is 5.56 Å². The van der Waals surface area contributed by atoms with E-state index in [2.05, 4.69) is 32.0 Å². The second kappa shape index (κ2) is 10.1. The molecular weight excluding hydrogens is 509 g/mol. The van der Waals surface area contributed by atoms with Crippen LogP contribution in [-0.2, 0) is 6.61 Å². The molecule has 5 nitrogen and oxygen atoms in total. The Labute approximate surface area is 203 Å². The summed E-state index contributed by atoms with van der Waals surface area (Å²) in [6, 6.07) is 17.4. The number of imidazole rings is 1. The molecule has 166 valence electrons. The minimum Gasteiger partial charge on any atom is -0.490 e. The van der Waals surface area contributed by atoms with Crippen LogP contribution < -0.4 is 9.47 Å². The number of H-pyrrole nitrogens is 1. The van der Waals surface area contributed by atoms with Gasteiger partial charge in [-0.15, -0.1) is 0 Å². The minimum atomic E-state index is -0.378. The molecule has 8 heteroatoms. The van der Waals surface area contributed by atoms with Crippen LogP contribution in [-0.4, -0.2) is 16.6 Å². The molecule has 0 saturated carbocycles. The van der Waals surface area contributed by atoms with E-state index in [0.29, 0.717) is 55.6 Å². The standard InChI is InChI=1S/C25H18BrClFN3O2/c1-2-32-23-10-16(19(26)12-24(23)33-14-15-5-3-4-6-20(15)27)9-17(13-29)25-30-21-8-7-18(28)11-22(21)31-25/h3-12H,2,14H2,1H3,(H,30,31)/b17-9-. The molecule has 0 fully saturated rings. The predicted molar refractivity (Wildman–Crippen MR) is 131 cm³/mol. The monoisotopic (exact) mass is 525 g/mol. The molecule has 1 N–H and O–H groups in total. The van der Waals surface area contributed by atoms with Crippen LogP contribution in [0.4, 0.5) is 4.39 Å². The quantitative estimate of drug-likeness (QED) is 0.259. The van der Waals surface area contributed by atoms with Gasteiger partial charge in [-0.2, -0.15) is 5.26 Å². The number of aromatic amines is 1. The number of halogens is 3. The Kier molecular flexibility index (Phi) is 6.97. The molecule has 1 aromatic heterocycles. The summed E-state index contributed by atoms with van der Waals surface area (Å²) < 4.78 is 26.0. The van der Waals surface area contributed by atoms with Gasteiger partial charge in [0.1, 0.15) is 24.3 Å². The van der Waals surface area contributed by atoms with Crippen molar-refractivity contribution in [1.82, 2.24) is 9.97 Å². The van der Waals surface area contributed by atoms with Crippen LogP contribution in [0.15, 0.2) is 59.1 Å². The van der Waals surface area contributed by atoms with E-state index in [1.165, 1.54) is 12.1 Å². The van der Waals surface area contributed by atoms with Crippen LogP contribution >= 0.6 is 27.5 Å². The Morgan fingerprint density at radius 3 is 2.73 bits per heavy atom. The lowest BCUT2D eigenvalue weighted by atomic mass is 10.1. The molecule has 0 saturated heterocycles. The number of fused-ring (bicyclic) bond motifs is 1. The maximum atomic E-state index is 13.5. The van der Waals surface area contributed by atoms with Gasteiger partial charge in [-0.25, -0.2) is 9.37 Å². The average molecular weight is 527 g/mol. The second-order valence-corrected chi connectivity index (χ2v) is 8.31. The molecule has 0 amide bonds. The fourth-order valence-corrected chi connectivity index (χ4v) is 3.86. The number of nitriles is 1. The van der Waals surface area contributed by atoms with Crippen LogP contribution in [0.1, 0.15) is 23.9 Å². The summed E-state index contributed by atoms with van der Waals surface area (Å²) in [5, 5.41) is 10.4. The zero-order valence-electron chi connectivity index (χ0n) is 17.5. The Hall–Kier alpha value is -3.34. The molecule has 3 aromatic carbocycles. The summed E-state index contributed by atoms with van der Waals surface area (Å²) in [7, 11) is 0. The van der Waals surface area contributed by atoms with E-state index in [1.807, 2.05) is 31.2 Å². The molecule has 0 unspecified atom stereocenters. The maximum absolute atomic E-state index is 13.5. The van der Waals surface area contributed by atoms with Crippen molar-refractivity contribution in [2.75, 3.05) is 6.61 Å².